The fourth-order valence-electron chi connectivity index (χ4n) is 3.74. The van der Waals surface area contributed by atoms with Gasteiger partial charge in [-0.05, 0) is 42.8 Å². The second kappa shape index (κ2) is 9.67. The van der Waals surface area contributed by atoms with E-state index < -0.39 is 5.91 Å². The second-order valence-corrected chi connectivity index (χ2v) is 8.05. The van der Waals surface area contributed by atoms with Crippen molar-refractivity contribution >= 4 is 23.5 Å². The van der Waals surface area contributed by atoms with Gasteiger partial charge in [0.05, 0.1) is 17.6 Å². The number of carbonyl (C=O) groups excluding carboxylic acids is 3. The van der Waals surface area contributed by atoms with Gasteiger partial charge in [-0.2, -0.15) is 0 Å². The molecule has 0 aliphatic carbocycles. The highest BCUT2D eigenvalue weighted by atomic mass is 16.3. The fraction of sp³-hybridized carbons (Fsp3) is 0.208. The van der Waals surface area contributed by atoms with E-state index in [4.69, 9.17) is 5.73 Å². The number of aromatic hydroxyl groups is 1. The molecule has 0 saturated carbocycles. The second-order valence-electron chi connectivity index (χ2n) is 8.05. The summed E-state index contributed by atoms with van der Waals surface area (Å²) in [5.41, 5.74) is 7.44. The molecule has 0 radical (unpaired) electrons. The van der Waals surface area contributed by atoms with Crippen molar-refractivity contribution in [3.8, 4) is 5.75 Å². The van der Waals surface area contributed by atoms with E-state index in [0.29, 0.717) is 24.2 Å². The number of aryl methyl sites for hydroxylation is 1. The molecule has 34 heavy (non-hydrogen) atoms. The third-order valence-electron chi connectivity index (χ3n) is 5.56. The number of anilines is 1. The molecular weight excluding hydrogens is 436 g/mol. The largest absolute Gasteiger partial charge is 0.507 e. The minimum Gasteiger partial charge on any atom is -0.507 e. The molecule has 2 heterocycles. The van der Waals surface area contributed by atoms with Crippen LogP contribution in [-0.4, -0.2) is 57.8 Å². The lowest BCUT2D eigenvalue weighted by Crippen LogP contribution is -2.51. The number of benzene rings is 2. The third-order valence-corrected chi connectivity index (χ3v) is 5.56. The van der Waals surface area contributed by atoms with Crippen LogP contribution in [0.15, 0.2) is 54.7 Å². The van der Waals surface area contributed by atoms with Crippen LogP contribution in [0.4, 0.5) is 5.95 Å². The van der Waals surface area contributed by atoms with Gasteiger partial charge in [-0.1, -0.05) is 18.2 Å². The quantitative estimate of drug-likeness (QED) is 0.338. The topological polar surface area (TPSA) is 159 Å². The van der Waals surface area contributed by atoms with Gasteiger partial charge in [0.2, 0.25) is 5.95 Å². The summed E-state index contributed by atoms with van der Waals surface area (Å²) in [6.45, 7) is 2.78. The van der Waals surface area contributed by atoms with Gasteiger partial charge in [-0.15, -0.1) is 0 Å². The minimum atomic E-state index is -0.413. The summed E-state index contributed by atoms with van der Waals surface area (Å²) in [7, 11) is 0. The van der Waals surface area contributed by atoms with E-state index in [0.717, 1.165) is 5.56 Å². The predicted octanol–water partition coefficient (Wildman–Crippen LogP) is 0.804. The molecule has 1 aliphatic rings. The molecule has 2 amide bonds. The molecule has 1 aliphatic heterocycles. The van der Waals surface area contributed by atoms with E-state index >= 15 is 0 Å². The van der Waals surface area contributed by atoms with Crippen LogP contribution in [0.1, 0.15) is 42.3 Å². The summed E-state index contributed by atoms with van der Waals surface area (Å²) >= 11 is 0. The predicted molar refractivity (Wildman–Crippen MR) is 125 cm³/mol. The Bertz CT molecular complexity index is 1240. The summed E-state index contributed by atoms with van der Waals surface area (Å²) in [4.78, 5) is 45.6. The number of nitrogens with zero attached hydrogens (tertiary/aromatic N) is 2. The van der Waals surface area contributed by atoms with Crippen LogP contribution in [0.3, 0.4) is 0 Å². The highest BCUT2D eigenvalue weighted by Gasteiger charge is 2.30. The first kappa shape index (κ1) is 22.9. The van der Waals surface area contributed by atoms with Crippen LogP contribution in [0.2, 0.25) is 0 Å². The highest BCUT2D eigenvalue weighted by Crippen LogP contribution is 2.22. The Labute approximate surface area is 195 Å². The molecule has 1 saturated heterocycles. The zero-order chi connectivity index (χ0) is 24.2. The lowest BCUT2D eigenvalue weighted by Gasteiger charge is -2.21. The van der Waals surface area contributed by atoms with E-state index in [9.17, 15) is 19.5 Å². The van der Waals surface area contributed by atoms with E-state index in [1.54, 1.807) is 36.4 Å². The minimum absolute atomic E-state index is 0.00145. The molecule has 1 aromatic heterocycles. The first-order valence-electron chi connectivity index (χ1n) is 10.7. The van der Waals surface area contributed by atoms with Crippen molar-refractivity contribution < 1.29 is 19.5 Å². The number of rotatable bonds is 6. The van der Waals surface area contributed by atoms with Gasteiger partial charge in [0, 0.05) is 30.4 Å². The molecule has 174 valence electrons. The number of amides is 2. The molecule has 2 atom stereocenters. The molecule has 1 fully saturated rings. The molecule has 4 rings (SSSR count). The van der Waals surface area contributed by atoms with Crippen molar-refractivity contribution in [2.45, 2.75) is 19.0 Å². The van der Waals surface area contributed by atoms with Crippen LogP contribution in [0.25, 0.3) is 0 Å². The Morgan fingerprint density at radius 3 is 2.26 bits per heavy atom. The van der Waals surface area contributed by atoms with Gasteiger partial charge >= 0.3 is 0 Å². The monoisotopic (exact) mass is 460 g/mol. The highest BCUT2D eigenvalue weighted by molar-refractivity contribution is 6.11. The molecule has 0 bridgehead atoms. The lowest BCUT2D eigenvalue weighted by molar-refractivity contribution is 0.0894. The van der Waals surface area contributed by atoms with Crippen molar-refractivity contribution in [2.24, 2.45) is 0 Å². The van der Waals surface area contributed by atoms with Crippen LogP contribution in [0, 0.1) is 6.92 Å². The van der Waals surface area contributed by atoms with Gasteiger partial charge in [-0.3, -0.25) is 14.4 Å². The van der Waals surface area contributed by atoms with Gasteiger partial charge < -0.3 is 26.8 Å². The maximum Gasteiger partial charge on any atom is 0.270 e. The van der Waals surface area contributed by atoms with Crippen LogP contribution < -0.4 is 21.7 Å². The maximum absolute atomic E-state index is 12.8. The summed E-state index contributed by atoms with van der Waals surface area (Å²) in [5.74, 6) is -1.17. The van der Waals surface area contributed by atoms with Crippen LogP contribution in [-0.2, 0) is 0 Å². The fourth-order valence-corrected chi connectivity index (χ4v) is 3.74. The van der Waals surface area contributed by atoms with Crippen molar-refractivity contribution in [1.82, 2.24) is 25.9 Å². The number of nitrogens with one attached hydrogen (secondary N) is 3. The molecule has 0 spiro atoms. The summed E-state index contributed by atoms with van der Waals surface area (Å²) in [5, 5.41) is 19.0. The Kier molecular flexibility index (Phi) is 6.51. The van der Waals surface area contributed by atoms with Crippen LogP contribution in [0.5, 0.6) is 5.75 Å². The summed E-state index contributed by atoms with van der Waals surface area (Å²) < 4.78 is 0. The number of phenols is 1. The van der Waals surface area contributed by atoms with Crippen molar-refractivity contribution in [2.75, 3.05) is 18.8 Å². The molecule has 10 nitrogen and oxygen atoms in total. The Morgan fingerprint density at radius 2 is 1.62 bits per heavy atom. The molecule has 10 heteroatoms. The number of aromatic nitrogens is 2. The zero-order valence-corrected chi connectivity index (χ0v) is 18.4. The maximum atomic E-state index is 12.8. The average molecular weight is 460 g/mol. The lowest BCUT2D eigenvalue weighted by atomic mass is 10.00. The number of carbonyl (C=O) groups is 3. The van der Waals surface area contributed by atoms with E-state index in [-0.39, 0.29) is 46.7 Å². The van der Waals surface area contributed by atoms with Gasteiger partial charge in [0.1, 0.15) is 11.4 Å². The van der Waals surface area contributed by atoms with E-state index in [1.807, 2.05) is 6.92 Å². The molecule has 6 N–H and O–H groups in total. The number of phenolic OH excluding ortho intramolecular Hbond substituents is 1. The molecular formula is C24H24N6O4. The van der Waals surface area contributed by atoms with Gasteiger partial charge in [-0.25, -0.2) is 9.97 Å². The normalized spacial score (nSPS) is 17.2. The van der Waals surface area contributed by atoms with Gasteiger partial charge in [0.25, 0.3) is 11.8 Å². The SMILES string of the molecule is Cc1ccc(C(=O)c2ccc(C(=O)NC3CNC[C@H]3NC(=O)c3ccnc(N)n3)cc2)c(O)c1. The standard InChI is InChI=1S/C24H24N6O4/c1-13-2-7-16(20(31)10-13)21(32)14-3-5-15(6-4-14)22(33)28-18-11-26-12-19(18)29-23(34)17-8-9-27-24(25)30-17/h2-10,18-19,26,31H,11-12H2,1H3,(H,28,33)(H,29,34)(H2,25,27,30)/t18?,19-/m1/s1. The third kappa shape index (κ3) is 5.02. The smallest absolute Gasteiger partial charge is 0.270 e. The van der Waals surface area contributed by atoms with Crippen molar-refractivity contribution in [3.63, 3.8) is 0 Å². The number of nitrogens with two attached hydrogens (primary N) is 1. The summed E-state index contributed by atoms with van der Waals surface area (Å²) in [6.07, 6.45) is 1.40. The molecule has 3 aromatic rings. The van der Waals surface area contributed by atoms with Crippen molar-refractivity contribution in [1.29, 1.82) is 0 Å². The number of nitrogen functional groups attached to an aromatic ring is 1. The van der Waals surface area contributed by atoms with Crippen LogP contribution >= 0.6 is 0 Å². The Hall–Kier alpha value is -4.31. The average Bonchev–Trinajstić information content (AvgIpc) is 3.25. The number of hydrogen-bond donors (Lipinski definition) is 5. The van der Waals surface area contributed by atoms with Crippen molar-refractivity contribution in [3.05, 3.63) is 82.7 Å². The Morgan fingerprint density at radius 1 is 0.971 bits per heavy atom. The number of hydrogen-bond acceptors (Lipinski definition) is 8. The summed E-state index contributed by atoms with van der Waals surface area (Å²) in [6, 6.07) is 11.8. The molecule has 2 aromatic carbocycles. The Balaban J connectivity index is 1.40. The zero-order valence-electron chi connectivity index (χ0n) is 18.4. The van der Waals surface area contributed by atoms with Gasteiger partial charge in [0.15, 0.2) is 5.78 Å². The first-order valence-corrected chi connectivity index (χ1v) is 10.7. The number of ketones is 1. The van der Waals surface area contributed by atoms with E-state index in [1.165, 1.54) is 18.3 Å². The first-order chi connectivity index (χ1) is 16.3. The molecule has 1 unspecified atom stereocenters. The van der Waals surface area contributed by atoms with E-state index in [2.05, 4.69) is 25.9 Å².